The molecule has 0 spiro atoms. The number of fused-ring (bicyclic) bond motifs is 1. The molecule has 56 heavy (non-hydrogen) atoms. The van der Waals surface area contributed by atoms with Gasteiger partial charge in [-0.3, -0.25) is 0 Å². The Bertz CT molecular complexity index is 2150. The van der Waals surface area contributed by atoms with Gasteiger partial charge < -0.3 is 28.1 Å². The van der Waals surface area contributed by atoms with Crippen LogP contribution in [0.2, 0.25) is 18.1 Å². The fourth-order valence-corrected chi connectivity index (χ4v) is 7.77. The summed E-state index contributed by atoms with van der Waals surface area (Å²) in [6, 6.07) is 50.8. The first-order valence-corrected chi connectivity index (χ1v) is 22.3. The van der Waals surface area contributed by atoms with Crippen LogP contribution >= 0.6 is 0 Å². The topological polar surface area (TPSA) is 55.4 Å². The first kappa shape index (κ1) is 38.8. The molecule has 7 rings (SSSR count). The average molecular weight is 765 g/mol. The largest absolute Gasteiger partial charge is 0.489 e. The van der Waals surface area contributed by atoms with E-state index in [2.05, 4.69) is 94.5 Å². The second-order valence-corrected chi connectivity index (χ2v) is 20.6. The van der Waals surface area contributed by atoms with Gasteiger partial charge in [0.05, 0.1) is 6.10 Å². The zero-order valence-electron chi connectivity index (χ0n) is 33.1. The van der Waals surface area contributed by atoms with Crippen molar-refractivity contribution in [3.05, 3.63) is 185 Å². The molecule has 0 radical (unpaired) electrons. The van der Waals surface area contributed by atoms with Gasteiger partial charge in [-0.25, -0.2) is 0 Å². The molecule has 0 fully saturated rings. The molecule has 6 aromatic carbocycles. The predicted molar refractivity (Wildman–Crippen MR) is 225 cm³/mol. The SMILES string of the molecule is CC(C)(C)[Si](C)(C)OC1Cc2c(OCc3ccccc3)cc(OCc3ccccc3)cc2OC1c1ccc(OCc2ccccc2)c(OCc2ccccc2)c1. The van der Waals surface area contributed by atoms with E-state index in [-0.39, 0.29) is 11.1 Å². The molecular formula is C49H52O6Si. The molecule has 6 nitrogen and oxygen atoms in total. The molecule has 0 aromatic heterocycles. The standard InChI is InChI=1S/C49H52O6Si/c1-49(2,3)56(4,5)55-47-31-42-44(52-34-38-22-14-8-15-23-38)29-41(50-32-36-18-10-6-11-19-36)30-45(42)54-48(47)40-26-27-43(51-33-37-20-12-7-13-21-37)46(28-40)53-35-39-24-16-9-17-25-39/h6-30,47-48H,31-35H2,1-5H3. The summed E-state index contributed by atoms with van der Waals surface area (Å²) in [5.74, 6) is 3.44. The molecular weight excluding hydrogens is 713 g/mol. The van der Waals surface area contributed by atoms with Crippen molar-refractivity contribution in [1.29, 1.82) is 0 Å². The molecule has 1 aliphatic rings. The number of ether oxygens (including phenoxy) is 5. The van der Waals surface area contributed by atoms with Crippen LogP contribution in [0.25, 0.3) is 0 Å². The van der Waals surface area contributed by atoms with E-state index in [0.29, 0.717) is 50.1 Å². The van der Waals surface area contributed by atoms with Gasteiger partial charge in [0.15, 0.2) is 19.8 Å². The fraction of sp³-hybridized carbons (Fsp3) is 0.265. The minimum atomic E-state index is -2.27. The maximum absolute atomic E-state index is 7.28. The lowest BCUT2D eigenvalue weighted by Crippen LogP contribution is -2.47. The quantitative estimate of drug-likeness (QED) is 0.0971. The number of hydrogen-bond donors (Lipinski definition) is 0. The van der Waals surface area contributed by atoms with Crippen LogP contribution in [0.5, 0.6) is 28.7 Å². The van der Waals surface area contributed by atoms with Crippen LogP contribution in [0.4, 0.5) is 0 Å². The van der Waals surface area contributed by atoms with E-state index in [0.717, 1.165) is 44.9 Å². The highest BCUT2D eigenvalue weighted by atomic mass is 28.4. The molecule has 2 atom stereocenters. The minimum Gasteiger partial charge on any atom is -0.489 e. The Morgan fingerprint density at radius 2 is 1.00 bits per heavy atom. The number of hydrogen-bond acceptors (Lipinski definition) is 6. The highest BCUT2D eigenvalue weighted by Crippen LogP contribution is 2.48. The Balaban J connectivity index is 1.26. The first-order valence-electron chi connectivity index (χ1n) is 19.4. The molecule has 0 bridgehead atoms. The van der Waals surface area contributed by atoms with Crippen molar-refractivity contribution in [3.63, 3.8) is 0 Å². The summed E-state index contributed by atoms with van der Waals surface area (Å²) in [5.41, 5.74) is 6.22. The second-order valence-electron chi connectivity index (χ2n) is 15.9. The van der Waals surface area contributed by atoms with E-state index in [9.17, 15) is 0 Å². The predicted octanol–water partition coefficient (Wildman–Crippen LogP) is 12.1. The number of rotatable bonds is 15. The van der Waals surface area contributed by atoms with Crippen molar-refractivity contribution in [2.75, 3.05) is 0 Å². The first-order chi connectivity index (χ1) is 27.1. The van der Waals surface area contributed by atoms with E-state index in [1.54, 1.807) is 0 Å². The highest BCUT2D eigenvalue weighted by Gasteiger charge is 2.44. The molecule has 288 valence electrons. The van der Waals surface area contributed by atoms with Gasteiger partial charge in [-0.2, -0.15) is 0 Å². The summed E-state index contributed by atoms with van der Waals surface area (Å²) >= 11 is 0. The molecule has 6 aromatic rings. The third-order valence-electron chi connectivity index (χ3n) is 10.6. The summed E-state index contributed by atoms with van der Waals surface area (Å²) in [6.07, 6.45) is -0.135. The van der Waals surface area contributed by atoms with Crippen LogP contribution in [0, 0.1) is 0 Å². The summed E-state index contributed by atoms with van der Waals surface area (Å²) in [6.45, 7) is 13.0. The van der Waals surface area contributed by atoms with Crippen molar-refractivity contribution in [2.24, 2.45) is 0 Å². The normalized spacial score (nSPS) is 15.3. The van der Waals surface area contributed by atoms with Gasteiger partial charge in [0.25, 0.3) is 0 Å². The van der Waals surface area contributed by atoms with Crippen molar-refractivity contribution in [3.8, 4) is 28.7 Å². The van der Waals surface area contributed by atoms with Gasteiger partial charge >= 0.3 is 0 Å². The maximum Gasteiger partial charge on any atom is 0.192 e. The van der Waals surface area contributed by atoms with Gasteiger partial charge in [0.2, 0.25) is 0 Å². The van der Waals surface area contributed by atoms with Gasteiger partial charge in [-0.05, 0) is 58.1 Å². The van der Waals surface area contributed by atoms with Crippen molar-refractivity contribution in [2.45, 2.75) is 84.0 Å². The molecule has 0 amide bonds. The van der Waals surface area contributed by atoms with Crippen molar-refractivity contribution < 1.29 is 28.1 Å². The van der Waals surface area contributed by atoms with Crippen LogP contribution in [0.15, 0.2) is 152 Å². The summed E-state index contributed by atoms with van der Waals surface area (Å²) < 4.78 is 40.3. The van der Waals surface area contributed by atoms with Gasteiger partial charge in [0, 0.05) is 24.1 Å². The minimum absolute atomic E-state index is 0.0152. The molecule has 0 aliphatic carbocycles. The lowest BCUT2D eigenvalue weighted by atomic mass is 9.93. The van der Waals surface area contributed by atoms with Gasteiger partial charge in [0.1, 0.15) is 49.8 Å². The van der Waals surface area contributed by atoms with Gasteiger partial charge in [-0.1, -0.05) is 148 Å². The van der Waals surface area contributed by atoms with Crippen LogP contribution in [0.1, 0.15) is 60.3 Å². The zero-order chi connectivity index (χ0) is 39.0. The highest BCUT2D eigenvalue weighted by molar-refractivity contribution is 6.74. The van der Waals surface area contributed by atoms with E-state index in [1.807, 2.05) is 91.0 Å². The Labute approximate surface area is 333 Å². The lowest BCUT2D eigenvalue weighted by molar-refractivity contribution is 0.0271. The van der Waals surface area contributed by atoms with Crippen LogP contribution in [-0.2, 0) is 37.3 Å². The maximum atomic E-state index is 7.28. The van der Waals surface area contributed by atoms with Crippen LogP contribution < -0.4 is 23.7 Å². The van der Waals surface area contributed by atoms with Crippen LogP contribution in [0.3, 0.4) is 0 Å². The monoisotopic (exact) mass is 764 g/mol. The smallest absolute Gasteiger partial charge is 0.192 e. The molecule has 7 heteroatoms. The summed E-state index contributed by atoms with van der Waals surface area (Å²) in [4.78, 5) is 0. The Morgan fingerprint density at radius 1 is 0.536 bits per heavy atom. The Hall–Kier alpha value is -5.50. The zero-order valence-corrected chi connectivity index (χ0v) is 34.1. The van der Waals surface area contributed by atoms with Crippen molar-refractivity contribution in [1.82, 2.24) is 0 Å². The molecule has 0 saturated heterocycles. The Kier molecular flexibility index (Phi) is 12.1. The second kappa shape index (κ2) is 17.5. The molecule has 1 heterocycles. The summed E-state index contributed by atoms with van der Waals surface area (Å²) in [7, 11) is -2.27. The molecule has 1 aliphatic heterocycles. The molecule has 0 N–H and O–H groups in total. The molecule has 2 unspecified atom stereocenters. The average Bonchev–Trinajstić information content (AvgIpc) is 3.21. The molecule has 0 saturated carbocycles. The van der Waals surface area contributed by atoms with E-state index in [1.165, 1.54) is 0 Å². The van der Waals surface area contributed by atoms with Gasteiger partial charge in [-0.15, -0.1) is 0 Å². The van der Waals surface area contributed by atoms with Crippen LogP contribution in [-0.4, -0.2) is 14.4 Å². The van der Waals surface area contributed by atoms with E-state index in [4.69, 9.17) is 28.1 Å². The Morgan fingerprint density at radius 3 is 1.50 bits per heavy atom. The van der Waals surface area contributed by atoms with E-state index < -0.39 is 14.4 Å². The van der Waals surface area contributed by atoms with Crippen molar-refractivity contribution >= 4 is 8.32 Å². The third kappa shape index (κ3) is 9.83. The summed E-state index contributed by atoms with van der Waals surface area (Å²) in [5, 5.41) is -0.0152. The van der Waals surface area contributed by atoms with E-state index >= 15 is 0 Å². The number of benzene rings is 6. The fourth-order valence-electron chi connectivity index (χ4n) is 6.46. The third-order valence-corrected chi connectivity index (χ3v) is 15.2. The lowest BCUT2D eigenvalue weighted by Gasteiger charge is -2.43.